The van der Waals surface area contributed by atoms with E-state index in [-0.39, 0.29) is 40.6 Å². The highest BCUT2D eigenvalue weighted by molar-refractivity contribution is 5.97. The van der Waals surface area contributed by atoms with Crippen molar-refractivity contribution < 1.29 is 6.85 Å². The first-order valence-corrected chi connectivity index (χ1v) is 19.9. The summed E-state index contributed by atoms with van der Waals surface area (Å²) in [7, 11) is 0. The van der Waals surface area contributed by atoms with E-state index in [1.165, 1.54) is 11.1 Å². The van der Waals surface area contributed by atoms with Crippen LogP contribution in [-0.4, -0.2) is 0 Å². The third kappa shape index (κ3) is 8.38. The Balaban J connectivity index is 1.42. The first kappa shape index (κ1) is 32.4. The fourth-order valence-corrected chi connectivity index (χ4v) is 7.40. The Labute approximate surface area is 352 Å². The lowest BCUT2D eigenvalue weighted by Crippen LogP contribution is -2.12. The molecule has 58 heavy (non-hydrogen) atoms. The molecule has 0 saturated carbocycles. The van der Waals surface area contributed by atoms with Crippen LogP contribution < -0.4 is 10.6 Å². The number of benzene rings is 8. The molecule has 0 aliphatic carbocycles. The molecule has 2 heteroatoms. The van der Waals surface area contributed by atoms with Crippen molar-refractivity contribution in [3.05, 3.63) is 205 Å². The molecule has 0 spiro atoms. The zero-order valence-corrected chi connectivity index (χ0v) is 34.1. The van der Waals surface area contributed by atoms with Crippen molar-refractivity contribution in [1.29, 1.82) is 0 Å². The van der Waals surface area contributed by atoms with Crippen molar-refractivity contribution in [2.24, 2.45) is 0 Å². The molecule has 8 aromatic rings. The molecular formula is C56H52N2. The number of anilines is 4. The lowest BCUT2D eigenvalue weighted by atomic mass is 9.82. The summed E-state index contributed by atoms with van der Waals surface area (Å²) >= 11 is 0. The van der Waals surface area contributed by atoms with Crippen LogP contribution in [0.1, 0.15) is 59.5 Å². The minimum Gasteiger partial charge on any atom is -0.354 e. The van der Waals surface area contributed by atoms with Crippen LogP contribution in [0, 0.1) is 0 Å². The van der Waals surface area contributed by atoms with Gasteiger partial charge in [0.2, 0.25) is 0 Å². The fraction of sp³-hybridized carbons (Fsp3) is 0.143. The van der Waals surface area contributed by atoms with Crippen molar-refractivity contribution >= 4 is 22.7 Å². The van der Waals surface area contributed by atoms with Gasteiger partial charge in [0.15, 0.2) is 0 Å². The maximum Gasteiger partial charge on any atom is 0.0629 e. The Morgan fingerprint density at radius 3 is 0.948 bits per heavy atom. The SMILES string of the molecule is [2H]c1c([2H])c([2H])c(-c2cc(Nc3c(-c4ccccc4)cc(C(C)(C)C)cc3-c3ccccc3)cc(Nc3c(-c4ccccc4)cc(C(C)(C)C)cc3-c3ccccc3)c2)c([2H])c1[2H]. The highest BCUT2D eigenvalue weighted by atomic mass is 14.9. The smallest absolute Gasteiger partial charge is 0.0629 e. The summed E-state index contributed by atoms with van der Waals surface area (Å²) in [6.45, 7) is 13.3. The minimum atomic E-state index is -0.431. The van der Waals surface area contributed by atoms with E-state index < -0.39 is 6.04 Å². The predicted octanol–water partition coefficient (Wildman–Crippen LogP) is 16.1. The molecule has 0 aliphatic heterocycles. The topological polar surface area (TPSA) is 24.1 Å². The quantitative estimate of drug-likeness (QED) is 0.153. The van der Waals surface area contributed by atoms with Gasteiger partial charge in [0.05, 0.1) is 18.2 Å². The summed E-state index contributed by atoms with van der Waals surface area (Å²) in [5, 5.41) is 7.72. The van der Waals surface area contributed by atoms with Crippen LogP contribution in [-0.2, 0) is 10.8 Å². The average Bonchev–Trinajstić information content (AvgIpc) is 3.28. The molecule has 0 heterocycles. The lowest BCUT2D eigenvalue weighted by Gasteiger charge is -2.26. The molecular weight excluding hydrogens is 701 g/mol. The second-order valence-electron chi connectivity index (χ2n) is 16.9. The number of rotatable bonds is 9. The van der Waals surface area contributed by atoms with Crippen LogP contribution in [0.4, 0.5) is 22.7 Å². The van der Waals surface area contributed by atoms with Crippen molar-refractivity contribution in [3.63, 3.8) is 0 Å². The van der Waals surface area contributed by atoms with Gasteiger partial charge in [-0.05, 0) is 97.8 Å². The molecule has 8 rings (SSSR count). The molecule has 8 aromatic carbocycles. The lowest BCUT2D eigenvalue weighted by molar-refractivity contribution is 0.590. The van der Waals surface area contributed by atoms with E-state index in [1.807, 2.05) is 91.0 Å². The number of nitrogens with one attached hydrogen (secondary N) is 2. The van der Waals surface area contributed by atoms with Gasteiger partial charge in [0.25, 0.3) is 0 Å². The first-order valence-electron chi connectivity index (χ1n) is 22.4. The van der Waals surface area contributed by atoms with Crippen molar-refractivity contribution in [3.8, 4) is 55.6 Å². The van der Waals surface area contributed by atoms with Gasteiger partial charge < -0.3 is 10.6 Å². The number of hydrogen-bond acceptors (Lipinski definition) is 2. The van der Waals surface area contributed by atoms with E-state index in [4.69, 9.17) is 6.85 Å². The van der Waals surface area contributed by atoms with Crippen LogP contribution in [0.2, 0.25) is 0 Å². The Bertz CT molecular complexity index is 2620. The van der Waals surface area contributed by atoms with E-state index in [1.54, 1.807) is 0 Å². The zero-order chi connectivity index (χ0) is 44.6. The van der Waals surface area contributed by atoms with Gasteiger partial charge in [-0.1, -0.05) is 193 Å². The summed E-state index contributed by atoms with van der Waals surface area (Å²) in [5.74, 6) is 0. The van der Waals surface area contributed by atoms with Crippen LogP contribution in [0.15, 0.2) is 194 Å². The molecule has 0 fully saturated rings. The summed E-state index contributed by atoms with van der Waals surface area (Å²) in [6.07, 6.45) is 0. The monoisotopic (exact) mass is 757 g/mol. The van der Waals surface area contributed by atoms with Gasteiger partial charge in [-0.15, -0.1) is 0 Å². The molecule has 0 unspecified atom stereocenters. The molecule has 0 amide bonds. The van der Waals surface area contributed by atoms with E-state index in [0.717, 1.165) is 55.9 Å². The summed E-state index contributed by atoms with van der Waals surface area (Å²) in [5.41, 5.74) is 14.0. The first-order chi connectivity index (χ1) is 30.1. The molecule has 2 N–H and O–H groups in total. The predicted molar refractivity (Wildman–Crippen MR) is 250 cm³/mol. The normalized spacial score (nSPS) is 12.8. The van der Waals surface area contributed by atoms with E-state index in [2.05, 4.69) is 125 Å². The van der Waals surface area contributed by atoms with Crippen LogP contribution in [0.5, 0.6) is 0 Å². The van der Waals surface area contributed by atoms with Gasteiger partial charge in [-0.2, -0.15) is 0 Å². The fourth-order valence-electron chi connectivity index (χ4n) is 7.40. The Morgan fingerprint density at radius 2 is 0.655 bits per heavy atom. The van der Waals surface area contributed by atoms with Gasteiger partial charge in [0, 0.05) is 33.6 Å². The summed E-state index contributed by atoms with van der Waals surface area (Å²) < 4.78 is 43.9. The second-order valence-corrected chi connectivity index (χ2v) is 16.9. The molecule has 0 bridgehead atoms. The number of hydrogen-bond donors (Lipinski definition) is 2. The highest BCUT2D eigenvalue weighted by Gasteiger charge is 2.23. The van der Waals surface area contributed by atoms with Crippen LogP contribution in [0.3, 0.4) is 0 Å². The second kappa shape index (κ2) is 16.1. The third-order valence-corrected chi connectivity index (χ3v) is 10.6. The van der Waals surface area contributed by atoms with E-state index >= 15 is 0 Å². The van der Waals surface area contributed by atoms with Gasteiger partial charge in [-0.25, -0.2) is 0 Å². The third-order valence-electron chi connectivity index (χ3n) is 10.6. The van der Waals surface area contributed by atoms with Crippen molar-refractivity contribution in [1.82, 2.24) is 0 Å². The van der Waals surface area contributed by atoms with Gasteiger partial charge >= 0.3 is 0 Å². The van der Waals surface area contributed by atoms with E-state index in [0.29, 0.717) is 16.9 Å². The molecule has 0 aliphatic rings. The highest BCUT2D eigenvalue weighted by Crippen LogP contribution is 2.46. The molecule has 286 valence electrons. The molecule has 0 atom stereocenters. The molecule has 2 nitrogen and oxygen atoms in total. The Morgan fingerprint density at radius 1 is 0.345 bits per heavy atom. The Hall–Kier alpha value is -6.64. The van der Waals surface area contributed by atoms with Gasteiger partial charge in [0.1, 0.15) is 0 Å². The van der Waals surface area contributed by atoms with Crippen LogP contribution >= 0.6 is 0 Å². The molecule has 0 radical (unpaired) electrons. The summed E-state index contributed by atoms with van der Waals surface area (Å²) in [6, 6.07) is 54.6. The van der Waals surface area contributed by atoms with Gasteiger partial charge in [-0.3, -0.25) is 0 Å². The maximum atomic E-state index is 9.09. The van der Waals surface area contributed by atoms with Crippen molar-refractivity contribution in [2.45, 2.75) is 52.4 Å². The van der Waals surface area contributed by atoms with Crippen LogP contribution in [0.25, 0.3) is 55.6 Å². The standard InChI is InChI=1S/C56H52N2/c1-55(2,3)45-34-49(40-24-14-8-15-25-40)53(50(35-45)41-26-16-9-17-27-41)57-47-32-44(39-22-12-7-13-23-39)33-48(38-47)58-54-51(42-28-18-10-19-29-42)36-46(56(4,5)6)37-52(54)43-30-20-11-21-31-43/h7-38,57-58H,1-6H3/i7D,12D,13D,22D,23D. The molecule has 0 aromatic heterocycles. The largest absolute Gasteiger partial charge is 0.354 e. The zero-order valence-electron chi connectivity index (χ0n) is 39.1. The average molecular weight is 758 g/mol. The van der Waals surface area contributed by atoms with Crippen molar-refractivity contribution in [2.75, 3.05) is 10.6 Å². The minimum absolute atomic E-state index is 0.122. The molecule has 0 saturated heterocycles. The maximum absolute atomic E-state index is 9.09. The van der Waals surface area contributed by atoms with E-state index in [9.17, 15) is 0 Å². The summed E-state index contributed by atoms with van der Waals surface area (Å²) in [4.78, 5) is 0. The Kier molecular flexibility index (Phi) is 8.99.